The lowest BCUT2D eigenvalue weighted by Gasteiger charge is -2.33. The van der Waals surface area contributed by atoms with Crippen LogP contribution in [-0.4, -0.2) is 14.8 Å². The summed E-state index contributed by atoms with van der Waals surface area (Å²) in [6.45, 7) is 15.0. The predicted octanol–water partition coefficient (Wildman–Crippen LogP) is 3.98. The van der Waals surface area contributed by atoms with E-state index in [4.69, 9.17) is 4.43 Å². The number of hydrogen-bond acceptors (Lipinski definition) is 2. The Kier molecular flexibility index (Phi) is 6.96. The van der Waals surface area contributed by atoms with E-state index in [2.05, 4.69) is 41.5 Å². The van der Waals surface area contributed by atoms with E-state index in [1.807, 2.05) is 0 Å². The third kappa shape index (κ3) is 6.31. The molecule has 95 valence electrons. The van der Waals surface area contributed by atoms with Crippen molar-refractivity contribution in [2.75, 3.05) is 0 Å². The molecule has 0 fully saturated rings. The smallest absolute Gasteiger partial charge is 0.402 e. The lowest BCUT2D eigenvalue weighted by Crippen LogP contribution is -2.41. The summed E-state index contributed by atoms with van der Waals surface area (Å²) in [7, 11) is -1.91. The Morgan fingerprint density at radius 2 is 1.19 bits per heavy atom. The summed E-state index contributed by atoms with van der Waals surface area (Å²) in [5.41, 5.74) is 0. The van der Waals surface area contributed by atoms with Gasteiger partial charge < -0.3 is 4.43 Å². The zero-order valence-corrected chi connectivity index (χ0v) is 12.7. The standard InChI is InChI=1S/C13H27O2Si/c1-11(2)7-16(15-10-14,8-12(3)4)9-13(5)6/h11-13H,7-9H2,1-6H3. The summed E-state index contributed by atoms with van der Waals surface area (Å²) < 4.78 is 5.50. The molecule has 0 aliphatic heterocycles. The molecule has 0 aromatic heterocycles. The lowest BCUT2D eigenvalue weighted by molar-refractivity contribution is 0.410. The van der Waals surface area contributed by atoms with Crippen LogP contribution in [0.2, 0.25) is 18.1 Å². The molecule has 0 heterocycles. The predicted molar refractivity (Wildman–Crippen MR) is 71.5 cm³/mol. The molecular weight excluding hydrogens is 216 g/mol. The SMILES string of the molecule is CC(C)C[Si](CC(C)C)(CC(C)C)O[C]=O. The van der Waals surface area contributed by atoms with Crippen LogP contribution in [0.5, 0.6) is 0 Å². The van der Waals surface area contributed by atoms with E-state index in [-0.39, 0.29) is 0 Å². The molecule has 0 aliphatic rings. The van der Waals surface area contributed by atoms with Crippen molar-refractivity contribution in [2.45, 2.75) is 59.7 Å². The van der Waals surface area contributed by atoms with Gasteiger partial charge in [-0.05, 0) is 35.9 Å². The van der Waals surface area contributed by atoms with Crippen molar-refractivity contribution in [1.29, 1.82) is 0 Å². The van der Waals surface area contributed by atoms with Crippen molar-refractivity contribution >= 4 is 14.8 Å². The summed E-state index contributed by atoms with van der Waals surface area (Å²) in [6, 6.07) is 3.20. The molecule has 0 bridgehead atoms. The fourth-order valence-corrected chi connectivity index (χ4v) is 8.09. The zero-order valence-electron chi connectivity index (χ0n) is 11.7. The highest BCUT2D eigenvalue weighted by Gasteiger charge is 2.38. The number of hydrogen-bond donors (Lipinski definition) is 0. The van der Waals surface area contributed by atoms with Crippen LogP contribution in [-0.2, 0) is 9.22 Å². The van der Waals surface area contributed by atoms with E-state index in [9.17, 15) is 4.79 Å². The number of carbonyl (C=O) groups excluding carboxylic acids is 1. The number of rotatable bonds is 8. The van der Waals surface area contributed by atoms with Crippen molar-refractivity contribution in [2.24, 2.45) is 17.8 Å². The molecule has 2 nitrogen and oxygen atoms in total. The summed E-state index contributed by atoms with van der Waals surface area (Å²) in [5, 5.41) is 0. The second-order valence-electron chi connectivity index (χ2n) is 6.16. The van der Waals surface area contributed by atoms with Crippen LogP contribution in [0.15, 0.2) is 0 Å². The molecule has 0 aliphatic carbocycles. The third-order valence-corrected chi connectivity index (χ3v) is 7.80. The van der Waals surface area contributed by atoms with Gasteiger partial charge in [0, 0.05) is 0 Å². The van der Waals surface area contributed by atoms with Crippen molar-refractivity contribution < 1.29 is 9.22 Å². The third-order valence-electron chi connectivity index (χ3n) is 2.60. The van der Waals surface area contributed by atoms with E-state index < -0.39 is 8.32 Å². The molecule has 0 aromatic rings. The lowest BCUT2D eigenvalue weighted by atomic mass is 10.2. The van der Waals surface area contributed by atoms with Gasteiger partial charge in [-0.25, -0.2) is 4.79 Å². The second-order valence-corrected chi connectivity index (χ2v) is 9.96. The van der Waals surface area contributed by atoms with E-state index in [1.165, 1.54) is 0 Å². The van der Waals surface area contributed by atoms with E-state index >= 15 is 0 Å². The van der Waals surface area contributed by atoms with Gasteiger partial charge in [0.1, 0.15) is 0 Å². The molecule has 16 heavy (non-hydrogen) atoms. The first kappa shape index (κ1) is 15.7. The summed E-state index contributed by atoms with van der Waals surface area (Å²) in [6.07, 6.45) is 0. The largest absolute Gasteiger partial charge is 0.511 e. The highest BCUT2D eigenvalue weighted by molar-refractivity contribution is 6.75. The average molecular weight is 243 g/mol. The maximum atomic E-state index is 10.7. The second kappa shape index (κ2) is 7.10. The molecule has 0 atom stereocenters. The van der Waals surface area contributed by atoms with Crippen LogP contribution in [0.1, 0.15) is 41.5 Å². The molecule has 0 aromatic carbocycles. The van der Waals surface area contributed by atoms with Gasteiger partial charge in [-0.2, -0.15) is 0 Å². The van der Waals surface area contributed by atoms with Crippen molar-refractivity contribution in [3.63, 3.8) is 0 Å². The van der Waals surface area contributed by atoms with Crippen LogP contribution < -0.4 is 0 Å². The van der Waals surface area contributed by atoms with Gasteiger partial charge in [-0.3, -0.25) is 0 Å². The Labute approximate surface area is 102 Å². The van der Waals surface area contributed by atoms with Gasteiger partial charge in [-0.1, -0.05) is 41.5 Å². The normalized spacial score (nSPS) is 12.6. The molecule has 0 saturated carbocycles. The Balaban J connectivity index is 4.79. The fourth-order valence-electron chi connectivity index (χ4n) is 2.70. The van der Waals surface area contributed by atoms with Crippen molar-refractivity contribution in [3.8, 4) is 0 Å². The van der Waals surface area contributed by atoms with E-state index in [1.54, 1.807) is 6.47 Å². The van der Waals surface area contributed by atoms with E-state index in [0.29, 0.717) is 17.8 Å². The molecule has 0 amide bonds. The van der Waals surface area contributed by atoms with Gasteiger partial charge in [0.15, 0.2) is 0 Å². The Bertz CT molecular complexity index is 174. The van der Waals surface area contributed by atoms with Crippen LogP contribution in [0.4, 0.5) is 0 Å². The molecular formula is C13H27O2Si. The van der Waals surface area contributed by atoms with Crippen LogP contribution in [0, 0.1) is 17.8 Å². The fraction of sp³-hybridized carbons (Fsp3) is 0.923. The Morgan fingerprint density at radius 3 is 1.38 bits per heavy atom. The Morgan fingerprint density at radius 1 is 0.875 bits per heavy atom. The molecule has 3 heteroatoms. The molecule has 0 rings (SSSR count). The van der Waals surface area contributed by atoms with Gasteiger partial charge in [0.2, 0.25) is 0 Å². The average Bonchev–Trinajstić information content (AvgIpc) is 1.98. The summed E-state index contributed by atoms with van der Waals surface area (Å²) >= 11 is 0. The first-order valence-corrected chi connectivity index (χ1v) is 8.89. The highest BCUT2D eigenvalue weighted by Crippen LogP contribution is 2.32. The first-order valence-electron chi connectivity index (χ1n) is 6.36. The molecule has 0 spiro atoms. The van der Waals surface area contributed by atoms with Crippen LogP contribution >= 0.6 is 0 Å². The topological polar surface area (TPSA) is 26.3 Å². The Hall–Kier alpha value is -0.313. The minimum Gasteiger partial charge on any atom is -0.511 e. The van der Waals surface area contributed by atoms with Gasteiger partial charge in [0.05, 0.1) is 0 Å². The minimum absolute atomic E-state index is 0.595. The maximum Gasteiger partial charge on any atom is 0.402 e. The molecule has 1 radical (unpaired) electrons. The highest BCUT2D eigenvalue weighted by atomic mass is 28.4. The minimum atomic E-state index is -1.91. The van der Waals surface area contributed by atoms with E-state index in [0.717, 1.165) is 18.1 Å². The molecule has 0 N–H and O–H groups in total. The van der Waals surface area contributed by atoms with Crippen LogP contribution in [0.25, 0.3) is 0 Å². The van der Waals surface area contributed by atoms with Gasteiger partial charge in [0.25, 0.3) is 8.32 Å². The van der Waals surface area contributed by atoms with Crippen molar-refractivity contribution in [1.82, 2.24) is 0 Å². The monoisotopic (exact) mass is 243 g/mol. The van der Waals surface area contributed by atoms with Crippen LogP contribution in [0.3, 0.4) is 0 Å². The summed E-state index contributed by atoms with van der Waals surface area (Å²) in [5.74, 6) is 1.78. The maximum absolute atomic E-state index is 10.7. The first-order chi connectivity index (χ1) is 7.31. The van der Waals surface area contributed by atoms with Gasteiger partial charge >= 0.3 is 6.47 Å². The van der Waals surface area contributed by atoms with Crippen molar-refractivity contribution in [3.05, 3.63) is 0 Å². The quantitative estimate of drug-likeness (QED) is 0.603. The zero-order chi connectivity index (χ0) is 12.8. The molecule has 0 unspecified atom stereocenters. The van der Waals surface area contributed by atoms with Gasteiger partial charge in [-0.15, -0.1) is 0 Å². The molecule has 0 saturated heterocycles. The summed E-state index contributed by atoms with van der Waals surface area (Å²) in [4.78, 5) is 10.7.